The fourth-order valence-electron chi connectivity index (χ4n) is 2.91. The summed E-state index contributed by atoms with van der Waals surface area (Å²) in [5.41, 5.74) is 8.53. The molecule has 4 N–H and O–H groups in total. The molecule has 156 valence electrons. The van der Waals surface area contributed by atoms with E-state index in [-0.39, 0.29) is 16.4 Å². The molecule has 9 nitrogen and oxygen atoms in total. The molecule has 0 amide bonds. The molecular weight excluding hydrogens is 406 g/mol. The highest BCUT2D eigenvalue weighted by atomic mass is 32.2. The normalized spacial score (nSPS) is 11.2. The number of aromatic nitrogens is 4. The molecule has 0 aliphatic rings. The SMILES string of the molecule is C[n+]1cn(Cc2ccccc2)c2c(=O)[nH]c(N)nc21.Cc1ccc(S(=O)(=O)O)cc1. The fraction of sp³-hybridized carbons (Fsp3) is 0.150. The Morgan fingerprint density at radius 2 is 1.77 bits per heavy atom. The maximum absolute atomic E-state index is 12.0. The van der Waals surface area contributed by atoms with Crippen LogP contribution >= 0.6 is 0 Å². The first kappa shape index (κ1) is 21.2. The van der Waals surface area contributed by atoms with Crippen molar-refractivity contribution in [3.63, 3.8) is 0 Å². The molecule has 0 fully saturated rings. The summed E-state index contributed by atoms with van der Waals surface area (Å²) >= 11 is 0. The van der Waals surface area contributed by atoms with E-state index >= 15 is 0 Å². The summed E-state index contributed by atoms with van der Waals surface area (Å²) in [6, 6.07) is 15.9. The molecule has 0 unspecified atom stereocenters. The fourth-order valence-corrected chi connectivity index (χ4v) is 3.39. The number of aryl methyl sites for hydroxylation is 2. The Labute approximate surface area is 173 Å². The van der Waals surface area contributed by atoms with Crippen molar-refractivity contribution in [2.75, 3.05) is 5.73 Å². The Hall–Kier alpha value is -3.50. The van der Waals surface area contributed by atoms with Crippen LogP contribution in [0.4, 0.5) is 5.95 Å². The van der Waals surface area contributed by atoms with Crippen molar-refractivity contribution >= 4 is 27.2 Å². The van der Waals surface area contributed by atoms with Gasteiger partial charge in [0, 0.05) is 0 Å². The van der Waals surface area contributed by atoms with Crippen LogP contribution < -0.4 is 15.9 Å². The number of hydrogen-bond donors (Lipinski definition) is 3. The van der Waals surface area contributed by atoms with Crippen LogP contribution in [0.1, 0.15) is 11.1 Å². The third-order valence-electron chi connectivity index (χ3n) is 4.34. The van der Waals surface area contributed by atoms with Crippen LogP contribution in [0, 0.1) is 6.92 Å². The third kappa shape index (κ3) is 4.91. The standard InChI is InChI=1S/C13H13N5O.C7H8O3S/c1-17-8-18(7-9-5-3-2-4-6-9)10-11(17)15-13(14)16-12(10)19;1-6-2-4-7(5-3-6)11(8,9)10/h2-6,8H,7H2,1H3,(H2-,14,15,16,19);2-5H,1H3,(H,8,9,10)/p+1. The quantitative estimate of drug-likeness (QED) is 0.334. The summed E-state index contributed by atoms with van der Waals surface area (Å²) in [7, 11) is -2.18. The zero-order chi connectivity index (χ0) is 21.9. The van der Waals surface area contributed by atoms with Gasteiger partial charge in [0.15, 0.2) is 6.33 Å². The van der Waals surface area contributed by atoms with Gasteiger partial charge in [-0.1, -0.05) is 53.0 Å². The number of H-pyrrole nitrogens is 1. The number of fused-ring (bicyclic) bond motifs is 1. The van der Waals surface area contributed by atoms with Gasteiger partial charge in [0.1, 0.15) is 0 Å². The summed E-state index contributed by atoms with van der Waals surface area (Å²) in [5, 5.41) is 0. The minimum absolute atomic E-state index is 0.0666. The number of imidazole rings is 1. The summed E-state index contributed by atoms with van der Waals surface area (Å²) in [4.78, 5) is 18.6. The van der Waals surface area contributed by atoms with Crippen molar-refractivity contribution in [3.8, 4) is 0 Å². The molecular formula is C20H22N5O4S+. The molecule has 0 atom stereocenters. The van der Waals surface area contributed by atoms with E-state index in [1.54, 1.807) is 16.7 Å². The topological polar surface area (TPSA) is 135 Å². The van der Waals surface area contributed by atoms with Crippen molar-refractivity contribution in [1.82, 2.24) is 14.5 Å². The summed E-state index contributed by atoms with van der Waals surface area (Å²) in [6.07, 6.45) is 1.85. The van der Waals surface area contributed by atoms with E-state index in [1.165, 1.54) is 12.1 Å². The molecule has 0 spiro atoms. The van der Waals surface area contributed by atoms with Gasteiger partial charge in [-0.05, 0) is 24.6 Å². The molecule has 2 aromatic carbocycles. The van der Waals surface area contributed by atoms with Gasteiger partial charge in [-0.3, -0.25) is 18.9 Å². The van der Waals surface area contributed by atoms with Gasteiger partial charge in [-0.15, -0.1) is 0 Å². The minimum Gasteiger partial charge on any atom is -0.355 e. The van der Waals surface area contributed by atoms with Crippen LogP contribution in [0.5, 0.6) is 0 Å². The Kier molecular flexibility index (Phi) is 5.99. The molecule has 10 heteroatoms. The minimum atomic E-state index is -4.02. The van der Waals surface area contributed by atoms with Crippen LogP contribution in [-0.4, -0.2) is 27.5 Å². The van der Waals surface area contributed by atoms with Crippen LogP contribution in [0.3, 0.4) is 0 Å². The molecule has 2 heterocycles. The Morgan fingerprint density at radius 1 is 1.13 bits per heavy atom. The van der Waals surface area contributed by atoms with E-state index in [1.807, 2.05) is 55.2 Å². The van der Waals surface area contributed by atoms with Gasteiger partial charge in [0.25, 0.3) is 21.6 Å². The molecule has 0 saturated heterocycles. The van der Waals surface area contributed by atoms with Crippen LogP contribution in [0.25, 0.3) is 11.2 Å². The molecule has 0 radical (unpaired) electrons. The van der Waals surface area contributed by atoms with Gasteiger partial charge < -0.3 is 5.73 Å². The van der Waals surface area contributed by atoms with Crippen molar-refractivity contribution in [2.24, 2.45) is 7.05 Å². The van der Waals surface area contributed by atoms with E-state index in [2.05, 4.69) is 9.97 Å². The molecule has 0 saturated carbocycles. The first-order valence-corrected chi connectivity index (χ1v) is 10.4. The zero-order valence-corrected chi connectivity index (χ0v) is 17.3. The first-order chi connectivity index (χ1) is 14.1. The number of aromatic amines is 1. The van der Waals surface area contributed by atoms with Crippen molar-refractivity contribution in [1.29, 1.82) is 0 Å². The molecule has 0 bridgehead atoms. The van der Waals surface area contributed by atoms with Crippen LogP contribution in [0.15, 0.2) is 70.6 Å². The van der Waals surface area contributed by atoms with E-state index in [0.717, 1.165) is 11.1 Å². The van der Waals surface area contributed by atoms with Crippen molar-refractivity contribution in [2.45, 2.75) is 18.4 Å². The van der Waals surface area contributed by atoms with Crippen molar-refractivity contribution in [3.05, 3.63) is 82.4 Å². The van der Waals surface area contributed by atoms with Crippen LogP contribution in [-0.2, 0) is 23.7 Å². The second-order valence-corrected chi connectivity index (χ2v) is 8.17. The number of benzene rings is 2. The number of anilines is 1. The predicted molar refractivity (Wildman–Crippen MR) is 112 cm³/mol. The van der Waals surface area contributed by atoms with Gasteiger partial charge in [-0.25, -0.2) is 4.57 Å². The summed E-state index contributed by atoms with van der Waals surface area (Å²) in [6.45, 7) is 2.46. The monoisotopic (exact) mass is 428 g/mol. The largest absolute Gasteiger partial charge is 0.355 e. The number of rotatable bonds is 3. The molecule has 2 aromatic heterocycles. The highest BCUT2D eigenvalue weighted by molar-refractivity contribution is 7.85. The Bertz CT molecular complexity index is 1330. The van der Waals surface area contributed by atoms with Gasteiger partial charge in [0.2, 0.25) is 5.52 Å². The number of nitrogen functional groups attached to an aromatic ring is 1. The lowest BCUT2D eigenvalue weighted by Gasteiger charge is -1.98. The predicted octanol–water partition coefficient (Wildman–Crippen LogP) is 1.42. The Balaban J connectivity index is 0.000000199. The van der Waals surface area contributed by atoms with Gasteiger partial charge >= 0.3 is 5.65 Å². The van der Waals surface area contributed by atoms with E-state index in [9.17, 15) is 13.2 Å². The zero-order valence-electron chi connectivity index (χ0n) is 16.5. The molecule has 4 rings (SSSR count). The highest BCUT2D eigenvalue weighted by Crippen LogP contribution is 2.09. The average molecular weight is 428 g/mol. The molecule has 0 aliphatic heterocycles. The number of nitrogens with two attached hydrogens (primary N) is 1. The first-order valence-electron chi connectivity index (χ1n) is 8.97. The lowest BCUT2D eigenvalue weighted by atomic mass is 10.2. The summed E-state index contributed by atoms with van der Waals surface area (Å²) in [5.74, 6) is 0.130. The van der Waals surface area contributed by atoms with Gasteiger partial charge in [-0.2, -0.15) is 8.42 Å². The van der Waals surface area contributed by atoms with Crippen molar-refractivity contribution < 1.29 is 17.5 Å². The average Bonchev–Trinajstić information content (AvgIpc) is 2.98. The smallest absolute Gasteiger partial charge is 0.311 e. The second kappa shape index (κ2) is 8.47. The lowest BCUT2D eigenvalue weighted by Crippen LogP contribution is -2.27. The number of nitrogens with one attached hydrogen (secondary N) is 1. The Morgan fingerprint density at radius 3 is 2.37 bits per heavy atom. The van der Waals surface area contributed by atoms with E-state index in [0.29, 0.717) is 17.7 Å². The molecule has 4 aromatic rings. The van der Waals surface area contributed by atoms with Crippen LogP contribution in [0.2, 0.25) is 0 Å². The maximum Gasteiger partial charge on any atom is 0.311 e. The third-order valence-corrected chi connectivity index (χ3v) is 5.21. The second-order valence-electron chi connectivity index (χ2n) is 6.75. The molecule has 30 heavy (non-hydrogen) atoms. The lowest BCUT2D eigenvalue weighted by molar-refractivity contribution is -0.647. The number of nitrogens with zero attached hydrogens (tertiary/aromatic N) is 3. The van der Waals surface area contributed by atoms with E-state index < -0.39 is 10.1 Å². The number of hydrogen-bond acceptors (Lipinski definition) is 5. The van der Waals surface area contributed by atoms with Gasteiger partial charge in [0.05, 0.1) is 18.5 Å². The maximum atomic E-state index is 12.0. The summed E-state index contributed by atoms with van der Waals surface area (Å²) < 4.78 is 33.2. The molecule has 0 aliphatic carbocycles. The highest BCUT2D eigenvalue weighted by Gasteiger charge is 2.19. The van der Waals surface area contributed by atoms with E-state index in [4.69, 9.17) is 10.3 Å².